The number of aromatic nitrogens is 1. The average molecular weight is 658 g/mol. The standard InChI is InChI=1S/C37H37F2N3O6/c1-36(2,3)48-35(47)41(37(34(45)46,25-11-7-8-12-25)24-9-5-4-6-10-24)22-23-13-16-27(17-14-23)42-31(43)20-19-29(33(42)40)32(44)28-18-15-26(38)21-30(28)39/h4-6,9-10,13-21,25H,7-8,11-12,22,40H2,1-3H3,(H,45,46). The van der Waals surface area contributed by atoms with E-state index >= 15 is 0 Å². The number of amides is 1. The van der Waals surface area contributed by atoms with Crippen LogP contribution in [0.5, 0.6) is 0 Å². The van der Waals surface area contributed by atoms with Gasteiger partial charge in [0.05, 0.1) is 23.4 Å². The molecule has 1 saturated carbocycles. The lowest BCUT2D eigenvalue weighted by molar-refractivity contribution is -0.157. The molecule has 0 spiro atoms. The maximum absolute atomic E-state index is 14.4. The topological polar surface area (TPSA) is 132 Å². The van der Waals surface area contributed by atoms with Crippen LogP contribution >= 0.6 is 0 Å². The van der Waals surface area contributed by atoms with E-state index in [0.717, 1.165) is 35.6 Å². The molecule has 5 rings (SSSR count). The molecule has 0 radical (unpaired) electrons. The molecule has 1 atom stereocenters. The zero-order valence-electron chi connectivity index (χ0n) is 26.9. The van der Waals surface area contributed by atoms with Crippen LogP contribution in [-0.2, 0) is 21.6 Å². The summed E-state index contributed by atoms with van der Waals surface area (Å²) in [6, 6.07) is 19.9. The molecular weight excluding hydrogens is 620 g/mol. The number of anilines is 1. The largest absolute Gasteiger partial charge is 0.479 e. The number of carboxylic acids is 1. The SMILES string of the molecule is CC(C)(C)OC(=O)N(Cc1ccc(-n2c(N)c(C(=O)c3ccc(F)cc3F)ccc2=O)cc1)C(C(=O)O)(c1ccccc1)C1CCCC1. The number of pyridine rings is 1. The summed E-state index contributed by atoms with van der Waals surface area (Å²) in [7, 11) is 0. The summed E-state index contributed by atoms with van der Waals surface area (Å²) in [4.78, 5) is 54.9. The second-order valence-electron chi connectivity index (χ2n) is 12.9. The molecule has 1 aliphatic rings. The van der Waals surface area contributed by atoms with Crippen LogP contribution in [0.3, 0.4) is 0 Å². The normalized spacial score (nSPS) is 14.7. The number of aliphatic carboxylic acids is 1. The van der Waals surface area contributed by atoms with Gasteiger partial charge in [0.15, 0.2) is 11.3 Å². The maximum Gasteiger partial charge on any atom is 0.411 e. The van der Waals surface area contributed by atoms with Crippen LogP contribution < -0.4 is 11.3 Å². The van der Waals surface area contributed by atoms with E-state index < -0.39 is 51.7 Å². The van der Waals surface area contributed by atoms with E-state index in [1.807, 2.05) is 0 Å². The molecule has 48 heavy (non-hydrogen) atoms. The van der Waals surface area contributed by atoms with Gasteiger partial charge in [0.1, 0.15) is 23.1 Å². The van der Waals surface area contributed by atoms with Gasteiger partial charge in [-0.25, -0.2) is 18.4 Å². The van der Waals surface area contributed by atoms with Gasteiger partial charge in [-0.05, 0) is 81.0 Å². The number of ketones is 1. The van der Waals surface area contributed by atoms with Crippen molar-refractivity contribution in [3.63, 3.8) is 0 Å². The third-order valence-electron chi connectivity index (χ3n) is 8.61. The van der Waals surface area contributed by atoms with Crippen LogP contribution in [0.4, 0.5) is 19.4 Å². The quantitative estimate of drug-likeness (QED) is 0.189. The molecule has 1 unspecified atom stereocenters. The number of halogens is 2. The Morgan fingerprint density at radius 2 is 1.54 bits per heavy atom. The number of hydrogen-bond donors (Lipinski definition) is 2. The molecule has 0 bridgehead atoms. The molecule has 0 saturated heterocycles. The van der Waals surface area contributed by atoms with Crippen molar-refractivity contribution in [2.24, 2.45) is 5.92 Å². The van der Waals surface area contributed by atoms with Gasteiger partial charge in [0.2, 0.25) is 0 Å². The molecule has 0 aliphatic heterocycles. The van der Waals surface area contributed by atoms with Gasteiger partial charge in [-0.1, -0.05) is 55.3 Å². The van der Waals surface area contributed by atoms with E-state index in [9.17, 15) is 33.1 Å². The minimum absolute atomic E-state index is 0.139. The number of hydrogen-bond acceptors (Lipinski definition) is 6. The number of rotatable bonds is 9. The Labute approximate surface area is 276 Å². The Morgan fingerprint density at radius 3 is 2.12 bits per heavy atom. The Bertz CT molecular complexity index is 1900. The Morgan fingerprint density at radius 1 is 0.917 bits per heavy atom. The summed E-state index contributed by atoms with van der Waals surface area (Å²) in [6.07, 6.45) is 2.09. The predicted octanol–water partition coefficient (Wildman–Crippen LogP) is 6.84. The van der Waals surface area contributed by atoms with Crippen molar-refractivity contribution in [1.82, 2.24) is 9.47 Å². The van der Waals surface area contributed by atoms with E-state index in [4.69, 9.17) is 10.5 Å². The Kier molecular flexibility index (Phi) is 9.52. The van der Waals surface area contributed by atoms with E-state index in [0.29, 0.717) is 30.0 Å². The summed E-state index contributed by atoms with van der Waals surface area (Å²) < 4.78 is 34.7. The second kappa shape index (κ2) is 13.4. The molecule has 9 nitrogen and oxygen atoms in total. The van der Waals surface area contributed by atoms with Crippen molar-refractivity contribution in [2.75, 3.05) is 5.73 Å². The minimum atomic E-state index is -1.73. The van der Waals surface area contributed by atoms with Crippen LogP contribution in [0.25, 0.3) is 5.69 Å². The predicted molar refractivity (Wildman–Crippen MR) is 176 cm³/mol. The third-order valence-corrected chi connectivity index (χ3v) is 8.61. The summed E-state index contributed by atoms with van der Waals surface area (Å²) >= 11 is 0. The Balaban J connectivity index is 1.56. The van der Waals surface area contributed by atoms with Gasteiger partial charge in [-0.15, -0.1) is 0 Å². The van der Waals surface area contributed by atoms with Gasteiger partial charge in [-0.3, -0.25) is 19.1 Å². The minimum Gasteiger partial charge on any atom is -0.479 e. The first-order valence-corrected chi connectivity index (χ1v) is 15.6. The van der Waals surface area contributed by atoms with Crippen LogP contribution in [0, 0.1) is 17.6 Å². The monoisotopic (exact) mass is 657 g/mol. The molecule has 1 amide bonds. The number of ether oxygens (including phenoxy) is 1. The van der Waals surface area contributed by atoms with Crippen molar-refractivity contribution < 1.29 is 33.0 Å². The van der Waals surface area contributed by atoms with E-state index in [1.165, 1.54) is 11.0 Å². The molecule has 1 heterocycles. The molecule has 1 fully saturated rings. The van der Waals surface area contributed by atoms with Gasteiger partial charge in [0, 0.05) is 12.1 Å². The molecule has 1 aromatic heterocycles. The highest BCUT2D eigenvalue weighted by Crippen LogP contribution is 2.46. The number of benzene rings is 3. The van der Waals surface area contributed by atoms with Crippen molar-refractivity contribution in [2.45, 2.75) is 64.1 Å². The third kappa shape index (κ3) is 6.58. The number of nitrogens with two attached hydrogens (primary N) is 1. The highest BCUT2D eigenvalue weighted by Gasteiger charge is 2.55. The fourth-order valence-corrected chi connectivity index (χ4v) is 6.48. The first kappa shape index (κ1) is 34.0. The zero-order chi connectivity index (χ0) is 34.8. The molecule has 250 valence electrons. The van der Waals surface area contributed by atoms with Crippen molar-refractivity contribution >= 4 is 23.7 Å². The van der Waals surface area contributed by atoms with Gasteiger partial charge < -0.3 is 15.6 Å². The fraction of sp³-hybridized carbons (Fsp3) is 0.297. The molecule has 3 aromatic carbocycles. The molecule has 1 aliphatic carbocycles. The van der Waals surface area contributed by atoms with Crippen molar-refractivity contribution in [3.8, 4) is 5.69 Å². The number of carbonyl (C=O) groups excluding carboxylic acids is 2. The lowest BCUT2D eigenvalue weighted by Gasteiger charge is -2.45. The lowest BCUT2D eigenvalue weighted by Crippen LogP contribution is -2.59. The number of carboxylic acid groups (broad SMARTS) is 1. The van der Waals surface area contributed by atoms with Crippen LogP contribution in [0.2, 0.25) is 0 Å². The Hall–Kier alpha value is -5.32. The van der Waals surface area contributed by atoms with E-state index in [1.54, 1.807) is 75.4 Å². The highest BCUT2D eigenvalue weighted by atomic mass is 19.1. The molecule has 4 aromatic rings. The smallest absolute Gasteiger partial charge is 0.411 e. The summed E-state index contributed by atoms with van der Waals surface area (Å²) in [6.45, 7) is 5.00. The molecule has 3 N–H and O–H groups in total. The van der Waals surface area contributed by atoms with Gasteiger partial charge >= 0.3 is 12.1 Å². The summed E-state index contributed by atoms with van der Waals surface area (Å²) in [5.74, 6) is -4.55. The number of carbonyl (C=O) groups is 3. The van der Waals surface area contributed by atoms with Gasteiger partial charge in [-0.2, -0.15) is 0 Å². The lowest BCUT2D eigenvalue weighted by atomic mass is 9.75. The average Bonchev–Trinajstić information content (AvgIpc) is 3.56. The first-order chi connectivity index (χ1) is 22.7. The van der Waals surface area contributed by atoms with Crippen molar-refractivity contribution in [3.05, 3.63) is 129 Å². The summed E-state index contributed by atoms with van der Waals surface area (Å²) in [5.41, 5.74) is 3.78. The van der Waals surface area contributed by atoms with Crippen LogP contribution in [0.15, 0.2) is 89.7 Å². The maximum atomic E-state index is 14.4. The van der Waals surface area contributed by atoms with Crippen molar-refractivity contribution in [1.29, 1.82) is 0 Å². The molecule has 11 heteroatoms. The zero-order valence-corrected chi connectivity index (χ0v) is 26.9. The summed E-state index contributed by atoms with van der Waals surface area (Å²) in [5, 5.41) is 11.0. The van der Waals surface area contributed by atoms with Crippen LogP contribution in [0.1, 0.15) is 73.5 Å². The van der Waals surface area contributed by atoms with Gasteiger partial charge in [0.25, 0.3) is 5.56 Å². The second-order valence-corrected chi connectivity index (χ2v) is 12.9. The number of nitrogens with zero attached hydrogens (tertiary/aromatic N) is 2. The fourth-order valence-electron chi connectivity index (χ4n) is 6.48. The molecular formula is C37H37F2N3O6. The van der Waals surface area contributed by atoms with E-state index in [-0.39, 0.29) is 29.5 Å². The van der Waals surface area contributed by atoms with E-state index in [2.05, 4.69) is 0 Å². The highest BCUT2D eigenvalue weighted by molar-refractivity contribution is 6.11. The first-order valence-electron chi connectivity index (χ1n) is 15.6. The van der Waals surface area contributed by atoms with Crippen LogP contribution in [-0.4, -0.2) is 38.0 Å². The number of nitrogen functional groups attached to an aromatic ring is 1.